The van der Waals surface area contributed by atoms with E-state index in [1.807, 2.05) is 54.6 Å². The molecule has 0 aromatic heterocycles. The second-order valence-electron chi connectivity index (χ2n) is 6.88. The Labute approximate surface area is 161 Å². The van der Waals surface area contributed by atoms with E-state index in [2.05, 4.69) is 26.8 Å². The highest BCUT2D eigenvalue weighted by Crippen LogP contribution is 2.38. The molecule has 26 heavy (non-hydrogen) atoms. The van der Waals surface area contributed by atoms with Gasteiger partial charge >= 0.3 is 0 Å². The molecule has 0 radical (unpaired) electrons. The first-order valence-electron chi connectivity index (χ1n) is 8.89. The highest BCUT2D eigenvalue weighted by Gasteiger charge is 2.46. The third-order valence-electron chi connectivity index (χ3n) is 5.00. The molecule has 1 aliphatic carbocycles. The molecule has 2 aromatic rings. The molecule has 1 amide bonds. The number of nitrogens with one attached hydrogen (secondary N) is 2. The SMILES string of the molecule is CN(C(=O)C1NNC(C2CC2)C1Br)c1ccc(Oc2ccccc2)cc1. The van der Waals surface area contributed by atoms with E-state index in [-0.39, 0.29) is 16.8 Å². The Morgan fingerprint density at radius 2 is 1.69 bits per heavy atom. The van der Waals surface area contributed by atoms with E-state index >= 15 is 0 Å². The maximum atomic E-state index is 12.9. The summed E-state index contributed by atoms with van der Waals surface area (Å²) in [5.74, 6) is 2.25. The average molecular weight is 416 g/mol. The Morgan fingerprint density at radius 1 is 1.04 bits per heavy atom. The topological polar surface area (TPSA) is 53.6 Å². The van der Waals surface area contributed by atoms with Crippen molar-refractivity contribution < 1.29 is 9.53 Å². The summed E-state index contributed by atoms with van der Waals surface area (Å²) >= 11 is 3.71. The largest absolute Gasteiger partial charge is 0.457 e. The van der Waals surface area contributed by atoms with Crippen LogP contribution in [0.25, 0.3) is 0 Å². The Hall–Kier alpha value is -1.89. The van der Waals surface area contributed by atoms with E-state index in [1.165, 1.54) is 12.8 Å². The van der Waals surface area contributed by atoms with Crippen molar-refractivity contribution in [3.63, 3.8) is 0 Å². The van der Waals surface area contributed by atoms with E-state index in [1.54, 1.807) is 11.9 Å². The maximum absolute atomic E-state index is 12.9. The van der Waals surface area contributed by atoms with Gasteiger partial charge in [-0.3, -0.25) is 10.2 Å². The molecular formula is C20H22BrN3O2. The second-order valence-corrected chi connectivity index (χ2v) is 7.94. The van der Waals surface area contributed by atoms with Gasteiger partial charge in [0.25, 0.3) is 0 Å². The van der Waals surface area contributed by atoms with Gasteiger partial charge in [-0.25, -0.2) is 5.43 Å². The van der Waals surface area contributed by atoms with Crippen molar-refractivity contribution >= 4 is 27.5 Å². The number of hydrazine groups is 1. The number of likely N-dealkylation sites (N-methyl/N-ethyl adjacent to an activating group) is 1. The summed E-state index contributed by atoms with van der Waals surface area (Å²) in [4.78, 5) is 14.7. The molecule has 5 nitrogen and oxygen atoms in total. The fourth-order valence-electron chi connectivity index (χ4n) is 3.28. The van der Waals surface area contributed by atoms with Gasteiger partial charge < -0.3 is 9.64 Å². The first kappa shape index (κ1) is 17.5. The number of hydrogen-bond donors (Lipinski definition) is 2. The number of alkyl halides is 1. The van der Waals surface area contributed by atoms with Crippen LogP contribution in [0.1, 0.15) is 12.8 Å². The average Bonchev–Trinajstić information content (AvgIpc) is 3.44. The number of nitrogens with zero attached hydrogens (tertiary/aromatic N) is 1. The smallest absolute Gasteiger partial charge is 0.246 e. The van der Waals surface area contributed by atoms with E-state index in [4.69, 9.17) is 4.74 Å². The molecule has 6 heteroatoms. The molecule has 2 aromatic carbocycles. The summed E-state index contributed by atoms with van der Waals surface area (Å²) in [6.07, 6.45) is 2.47. The van der Waals surface area contributed by atoms with Crippen molar-refractivity contribution in [3.8, 4) is 11.5 Å². The number of carbonyl (C=O) groups excluding carboxylic acids is 1. The fourth-order valence-corrected chi connectivity index (χ4v) is 4.20. The Morgan fingerprint density at radius 3 is 2.35 bits per heavy atom. The lowest BCUT2D eigenvalue weighted by Crippen LogP contribution is -2.46. The van der Waals surface area contributed by atoms with Crippen LogP contribution in [0, 0.1) is 5.92 Å². The van der Waals surface area contributed by atoms with Gasteiger partial charge in [0.15, 0.2) is 0 Å². The van der Waals surface area contributed by atoms with E-state index in [0.29, 0.717) is 12.0 Å². The highest BCUT2D eigenvalue weighted by atomic mass is 79.9. The molecule has 0 spiro atoms. The van der Waals surface area contributed by atoms with Gasteiger partial charge in [0.1, 0.15) is 17.5 Å². The second kappa shape index (κ2) is 7.39. The lowest BCUT2D eigenvalue weighted by molar-refractivity contribution is -0.119. The molecule has 1 aliphatic heterocycles. The van der Waals surface area contributed by atoms with Gasteiger partial charge in [0.05, 0.1) is 4.83 Å². The van der Waals surface area contributed by atoms with Gasteiger partial charge in [-0.05, 0) is 55.2 Å². The van der Waals surface area contributed by atoms with E-state index in [9.17, 15) is 4.79 Å². The lowest BCUT2D eigenvalue weighted by Gasteiger charge is -2.23. The molecule has 3 atom stereocenters. The summed E-state index contributed by atoms with van der Waals surface area (Å²) < 4.78 is 5.80. The third kappa shape index (κ3) is 3.63. The van der Waals surface area contributed by atoms with Crippen LogP contribution in [0.2, 0.25) is 0 Å². The van der Waals surface area contributed by atoms with Crippen molar-refractivity contribution in [2.24, 2.45) is 5.92 Å². The number of anilines is 1. The summed E-state index contributed by atoms with van der Waals surface area (Å²) in [6.45, 7) is 0. The number of hydrogen-bond acceptors (Lipinski definition) is 4. The van der Waals surface area contributed by atoms with Gasteiger partial charge in [-0.15, -0.1) is 0 Å². The number of amides is 1. The zero-order valence-electron chi connectivity index (χ0n) is 14.6. The number of halogens is 1. The van der Waals surface area contributed by atoms with Gasteiger partial charge in [0, 0.05) is 18.8 Å². The number of ether oxygens (including phenoxy) is 1. The first-order chi connectivity index (χ1) is 12.6. The molecule has 4 rings (SSSR count). The number of carbonyl (C=O) groups is 1. The minimum Gasteiger partial charge on any atom is -0.457 e. The number of rotatable bonds is 5. The van der Waals surface area contributed by atoms with Crippen molar-refractivity contribution in [1.82, 2.24) is 10.9 Å². The van der Waals surface area contributed by atoms with Gasteiger partial charge in [0.2, 0.25) is 5.91 Å². The van der Waals surface area contributed by atoms with Crippen LogP contribution >= 0.6 is 15.9 Å². The van der Waals surface area contributed by atoms with Crippen LogP contribution in [0.5, 0.6) is 11.5 Å². The number of para-hydroxylation sites is 1. The first-order valence-corrected chi connectivity index (χ1v) is 9.81. The normalized spacial score (nSPS) is 25.1. The van der Waals surface area contributed by atoms with Crippen LogP contribution in [0.3, 0.4) is 0 Å². The van der Waals surface area contributed by atoms with Crippen LogP contribution in [0.4, 0.5) is 5.69 Å². The van der Waals surface area contributed by atoms with E-state index < -0.39 is 0 Å². The summed E-state index contributed by atoms with van der Waals surface area (Å²) in [5.41, 5.74) is 7.28. The van der Waals surface area contributed by atoms with Crippen molar-refractivity contribution in [2.75, 3.05) is 11.9 Å². The lowest BCUT2D eigenvalue weighted by atomic mass is 10.1. The van der Waals surface area contributed by atoms with Gasteiger partial charge in [-0.1, -0.05) is 34.1 Å². The Balaban J connectivity index is 1.41. The fraction of sp³-hybridized carbons (Fsp3) is 0.350. The molecule has 136 valence electrons. The Bertz CT molecular complexity index is 764. The molecule has 2 fully saturated rings. The minimum atomic E-state index is -0.272. The highest BCUT2D eigenvalue weighted by molar-refractivity contribution is 9.09. The van der Waals surface area contributed by atoms with Crippen LogP contribution < -0.4 is 20.5 Å². The number of benzene rings is 2. The van der Waals surface area contributed by atoms with Crippen molar-refractivity contribution in [2.45, 2.75) is 29.8 Å². The molecule has 3 unspecified atom stereocenters. The predicted octanol–water partition coefficient (Wildman–Crippen LogP) is 3.46. The summed E-state index contributed by atoms with van der Waals surface area (Å²) in [6, 6.07) is 17.3. The summed E-state index contributed by atoms with van der Waals surface area (Å²) in [5, 5.41) is 0. The molecular weight excluding hydrogens is 394 g/mol. The quantitative estimate of drug-likeness (QED) is 0.734. The third-order valence-corrected chi connectivity index (χ3v) is 6.09. The maximum Gasteiger partial charge on any atom is 0.246 e. The molecule has 1 saturated heterocycles. The Kier molecular flexibility index (Phi) is 4.98. The van der Waals surface area contributed by atoms with Crippen molar-refractivity contribution in [1.29, 1.82) is 0 Å². The van der Waals surface area contributed by atoms with Crippen molar-refractivity contribution in [3.05, 3.63) is 54.6 Å². The molecule has 2 N–H and O–H groups in total. The molecule has 2 aliphatic rings. The van der Waals surface area contributed by atoms with Crippen LogP contribution in [-0.4, -0.2) is 29.9 Å². The standard InChI is InChI=1S/C20H22BrN3O2/c1-24(20(25)19-17(21)18(22-23-19)13-7-8-13)14-9-11-16(12-10-14)26-15-5-3-2-4-6-15/h2-6,9-13,17-19,22-23H,7-8H2,1H3. The monoisotopic (exact) mass is 415 g/mol. The predicted molar refractivity (Wildman–Crippen MR) is 106 cm³/mol. The molecule has 1 heterocycles. The summed E-state index contributed by atoms with van der Waals surface area (Å²) in [7, 11) is 1.81. The zero-order valence-corrected chi connectivity index (χ0v) is 16.1. The molecule has 0 bridgehead atoms. The zero-order chi connectivity index (χ0) is 18.1. The van der Waals surface area contributed by atoms with Crippen LogP contribution in [-0.2, 0) is 4.79 Å². The van der Waals surface area contributed by atoms with Crippen LogP contribution in [0.15, 0.2) is 54.6 Å². The minimum absolute atomic E-state index is 0.0410. The van der Waals surface area contributed by atoms with Gasteiger partial charge in [-0.2, -0.15) is 0 Å². The molecule has 1 saturated carbocycles. The van der Waals surface area contributed by atoms with E-state index in [0.717, 1.165) is 17.2 Å².